The average molecular weight is 291 g/mol. The van der Waals surface area contributed by atoms with Gasteiger partial charge < -0.3 is 22.9 Å². The predicted molar refractivity (Wildman–Crippen MR) is 66.0 cm³/mol. The molecule has 0 aliphatic rings. The van der Waals surface area contributed by atoms with E-state index in [2.05, 4.69) is 11.7 Å². The maximum atomic E-state index is 5.67. The molecule has 0 amide bonds. The van der Waals surface area contributed by atoms with Gasteiger partial charge in [-0.3, -0.25) is 4.99 Å². The van der Waals surface area contributed by atoms with E-state index in [4.69, 9.17) is 22.9 Å². The summed E-state index contributed by atoms with van der Waals surface area (Å²) in [6.07, 6.45) is 0. The molecule has 1 rings (SSSR count). The molecule has 0 spiro atoms. The summed E-state index contributed by atoms with van der Waals surface area (Å²) in [5, 5.41) is 0. The minimum Gasteiger partial charge on any atom is -0.396 e. The zero-order valence-electron chi connectivity index (χ0n) is 6.84. The molecule has 1 aromatic carbocycles. The van der Waals surface area contributed by atoms with Crippen molar-refractivity contribution in [2.45, 2.75) is 0 Å². The van der Waals surface area contributed by atoms with Crippen molar-refractivity contribution in [3.63, 3.8) is 0 Å². The molecule has 0 saturated heterocycles. The quantitative estimate of drug-likeness (QED) is 0.350. The van der Waals surface area contributed by atoms with Gasteiger partial charge in [0, 0.05) is 0 Å². The van der Waals surface area contributed by atoms with Crippen LogP contribution in [-0.2, 0) is 0 Å². The third kappa shape index (κ3) is 1.37. The van der Waals surface area contributed by atoms with Gasteiger partial charge in [0.1, 0.15) is 5.69 Å². The van der Waals surface area contributed by atoms with E-state index in [1.54, 1.807) is 0 Å². The van der Waals surface area contributed by atoms with E-state index in [9.17, 15) is 0 Å². The Labute approximate surface area is 89.3 Å². The molecule has 0 aromatic heterocycles. The number of halogens is 1. The van der Waals surface area contributed by atoms with E-state index < -0.39 is 0 Å². The number of rotatable bonds is 1. The highest BCUT2D eigenvalue weighted by Crippen LogP contribution is 2.42. The van der Waals surface area contributed by atoms with E-state index in [1.165, 1.54) is 0 Å². The van der Waals surface area contributed by atoms with Gasteiger partial charge in [0.15, 0.2) is 0 Å². The molecule has 0 atom stereocenters. The lowest BCUT2D eigenvalue weighted by Crippen LogP contribution is -2.05. The molecule has 0 fully saturated rings. The molecule has 0 bridgehead atoms. The maximum Gasteiger partial charge on any atom is 0.112 e. The third-order valence-corrected chi connectivity index (χ3v) is 2.88. The maximum absolute atomic E-state index is 5.67. The standard InChI is InChI=1S/C7H10IN5/c1-13-7-5(11)3(9)2(8)4(10)6(7)12/h1,9-12H2. The Morgan fingerprint density at radius 3 is 1.62 bits per heavy atom. The second-order valence-electron chi connectivity index (χ2n) is 2.48. The number of nitrogens with zero attached hydrogens (tertiary/aromatic N) is 1. The molecule has 6 heteroatoms. The van der Waals surface area contributed by atoms with Crippen LogP contribution in [0.4, 0.5) is 28.4 Å². The Kier molecular flexibility index (Phi) is 2.50. The minimum atomic E-state index is 0.325. The minimum absolute atomic E-state index is 0.325. The smallest absolute Gasteiger partial charge is 0.112 e. The summed E-state index contributed by atoms with van der Waals surface area (Å²) in [6.45, 7) is 3.34. The average Bonchev–Trinajstić information content (AvgIpc) is 2.13. The van der Waals surface area contributed by atoms with Crippen LogP contribution in [0.2, 0.25) is 0 Å². The van der Waals surface area contributed by atoms with Gasteiger partial charge in [0.25, 0.3) is 0 Å². The highest BCUT2D eigenvalue weighted by atomic mass is 127. The second-order valence-corrected chi connectivity index (χ2v) is 3.55. The van der Waals surface area contributed by atoms with Crippen LogP contribution in [0.1, 0.15) is 0 Å². The van der Waals surface area contributed by atoms with Gasteiger partial charge in [-0.25, -0.2) is 0 Å². The molecular weight excluding hydrogens is 281 g/mol. The molecule has 0 unspecified atom stereocenters. The third-order valence-electron chi connectivity index (χ3n) is 1.72. The predicted octanol–water partition coefficient (Wildman–Crippen LogP) is 0.952. The Bertz CT molecular complexity index is 345. The molecule has 5 nitrogen and oxygen atoms in total. The van der Waals surface area contributed by atoms with Crippen molar-refractivity contribution in [1.29, 1.82) is 0 Å². The van der Waals surface area contributed by atoms with Crippen molar-refractivity contribution in [1.82, 2.24) is 0 Å². The molecule has 1 aromatic rings. The first-order chi connectivity index (χ1) is 6.00. The van der Waals surface area contributed by atoms with Crippen LogP contribution in [0.15, 0.2) is 4.99 Å². The lowest BCUT2D eigenvalue weighted by Gasteiger charge is -2.12. The molecule has 0 saturated carbocycles. The van der Waals surface area contributed by atoms with Crippen LogP contribution in [-0.4, -0.2) is 6.72 Å². The monoisotopic (exact) mass is 291 g/mol. The molecule has 13 heavy (non-hydrogen) atoms. The molecule has 0 heterocycles. The fourth-order valence-corrected chi connectivity index (χ4v) is 1.53. The lowest BCUT2D eigenvalue weighted by atomic mass is 10.2. The van der Waals surface area contributed by atoms with Crippen LogP contribution in [0.5, 0.6) is 0 Å². The van der Waals surface area contributed by atoms with Crippen molar-refractivity contribution in [2.75, 3.05) is 22.9 Å². The zero-order valence-corrected chi connectivity index (χ0v) is 9.00. The fraction of sp³-hybridized carbons (Fsp3) is 0. The number of hydrogen-bond acceptors (Lipinski definition) is 5. The van der Waals surface area contributed by atoms with Crippen molar-refractivity contribution in [2.24, 2.45) is 4.99 Å². The van der Waals surface area contributed by atoms with Crippen LogP contribution in [0, 0.1) is 3.57 Å². The summed E-state index contributed by atoms with van der Waals surface area (Å²) in [5.74, 6) is 0. The number of benzene rings is 1. The first kappa shape index (κ1) is 9.90. The van der Waals surface area contributed by atoms with Gasteiger partial charge in [-0.15, -0.1) is 0 Å². The van der Waals surface area contributed by atoms with Crippen LogP contribution in [0.25, 0.3) is 0 Å². The summed E-state index contributed by atoms with van der Waals surface area (Å²) in [5.41, 5.74) is 24.5. The van der Waals surface area contributed by atoms with E-state index in [-0.39, 0.29) is 0 Å². The highest BCUT2D eigenvalue weighted by Gasteiger charge is 2.14. The van der Waals surface area contributed by atoms with Gasteiger partial charge in [-0.2, -0.15) is 0 Å². The SMILES string of the molecule is C=Nc1c(N)c(N)c(I)c(N)c1N. The number of aliphatic imine (C=N–C) groups is 1. The molecule has 0 aliphatic heterocycles. The summed E-state index contributed by atoms with van der Waals surface area (Å²) in [4.78, 5) is 3.67. The number of hydrogen-bond donors (Lipinski definition) is 4. The number of nitrogen functional groups attached to an aromatic ring is 4. The van der Waals surface area contributed by atoms with Crippen molar-refractivity contribution < 1.29 is 0 Å². The highest BCUT2D eigenvalue weighted by molar-refractivity contribution is 14.1. The van der Waals surface area contributed by atoms with Crippen LogP contribution < -0.4 is 22.9 Å². The van der Waals surface area contributed by atoms with E-state index in [0.717, 1.165) is 0 Å². The topological polar surface area (TPSA) is 116 Å². The Morgan fingerprint density at radius 2 is 1.31 bits per heavy atom. The molecular formula is C7H10IN5. The van der Waals surface area contributed by atoms with Gasteiger partial charge in [-0.1, -0.05) is 0 Å². The second kappa shape index (κ2) is 3.29. The fourth-order valence-electron chi connectivity index (χ4n) is 0.952. The van der Waals surface area contributed by atoms with Crippen molar-refractivity contribution >= 4 is 57.7 Å². The van der Waals surface area contributed by atoms with E-state index in [1.807, 2.05) is 22.6 Å². The first-order valence-corrected chi connectivity index (χ1v) is 4.46. The lowest BCUT2D eigenvalue weighted by molar-refractivity contribution is 1.51. The molecule has 8 N–H and O–H groups in total. The summed E-state index contributed by atoms with van der Waals surface area (Å²) < 4.78 is 0.653. The van der Waals surface area contributed by atoms with Gasteiger partial charge in [0.05, 0.1) is 26.3 Å². The van der Waals surface area contributed by atoms with Gasteiger partial charge in [-0.05, 0) is 29.3 Å². The largest absolute Gasteiger partial charge is 0.396 e. The van der Waals surface area contributed by atoms with Crippen molar-refractivity contribution in [3.8, 4) is 0 Å². The van der Waals surface area contributed by atoms with Gasteiger partial charge >= 0.3 is 0 Å². The molecule has 0 aliphatic carbocycles. The number of nitrogens with two attached hydrogens (primary N) is 4. The number of anilines is 4. The normalized spacial score (nSPS) is 9.92. The van der Waals surface area contributed by atoms with Crippen molar-refractivity contribution in [3.05, 3.63) is 3.57 Å². The Morgan fingerprint density at radius 1 is 0.923 bits per heavy atom. The van der Waals surface area contributed by atoms with E-state index in [0.29, 0.717) is 32.0 Å². The van der Waals surface area contributed by atoms with Crippen LogP contribution in [0.3, 0.4) is 0 Å². The van der Waals surface area contributed by atoms with Crippen LogP contribution >= 0.6 is 22.6 Å². The van der Waals surface area contributed by atoms with Gasteiger partial charge in [0.2, 0.25) is 0 Å². The zero-order chi connectivity index (χ0) is 10.2. The molecule has 70 valence electrons. The Hall–Kier alpha value is -1.18. The summed E-state index contributed by atoms with van der Waals surface area (Å²) in [6, 6.07) is 0. The summed E-state index contributed by atoms with van der Waals surface area (Å²) in [7, 11) is 0. The first-order valence-electron chi connectivity index (χ1n) is 3.38. The van der Waals surface area contributed by atoms with E-state index >= 15 is 0 Å². The Balaban J connectivity index is 3.66. The summed E-state index contributed by atoms with van der Waals surface area (Å²) >= 11 is 1.98. The molecule has 0 radical (unpaired) electrons.